The van der Waals surface area contributed by atoms with E-state index in [1.54, 1.807) is 0 Å². The third kappa shape index (κ3) is 9.72. The first-order valence-corrected chi connectivity index (χ1v) is 16.8. The summed E-state index contributed by atoms with van der Waals surface area (Å²) in [6, 6.07) is 15.5. The maximum atomic E-state index is 9.09. The van der Waals surface area contributed by atoms with Crippen LogP contribution in [0.25, 0.3) is 11.1 Å². The van der Waals surface area contributed by atoms with Crippen molar-refractivity contribution in [3.05, 3.63) is 92.2 Å². The van der Waals surface area contributed by atoms with Crippen LogP contribution in [0, 0.1) is 13.8 Å². The third-order valence-corrected chi connectivity index (χ3v) is 8.19. The quantitative estimate of drug-likeness (QED) is 0.0843. The lowest BCUT2D eigenvalue weighted by molar-refractivity contribution is 0.285. The predicted molar refractivity (Wildman–Crippen MR) is 188 cm³/mol. The molecule has 4 aromatic rings. The smallest absolute Gasteiger partial charge is 0.218 e. The maximum Gasteiger partial charge on any atom is 0.218 e. The van der Waals surface area contributed by atoms with Gasteiger partial charge in [0, 0.05) is 37.3 Å². The van der Waals surface area contributed by atoms with E-state index in [1.165, 1.54) is 0 Å². The molecule has 10 nitrogen and oxygen atoms in total. The Morgan fingerprint density at radius 3 is 1.44 bits per heavy atom. The molecule has 0 unspecified atom stereocenters. The van der Waals surface area contributed by atoms with E-state index in [0.717, 1.165) is 33.4 Å². The van der Waals surface area contributed by atoms with Gasteiger partial charge < -0.3 is 39.8 Å². The molecule has 0 aliphatic carbocycles. The third-order valence-electron chi connectivity index (χ3n) is 7.53. The van der Waals surface area contributed by atoms with E-state index in [2.05, 4.69) is 32.7 Å². The Morgan fingerprint density at radius 2 is 1.06 bits per heavy atom. The second-order valence-electron chi connectivity index (χ2n) is 10.9. The van der Waals surface area contributed by atoms with Crippen LogP contribution in [0.1, 0.15) is 47.5 Å². The summed E-state index contributed by atoms with van der Waals surface area (Å²) in [6.45, 7) is 11.0. The number of benzene rings is 2. The lowest BCUT2D eigenvalue weighted by Crippen LogP contribution is -2.18. The van der Waals surface area contributed by atoms with Gasteiger partial charge in [0.15, 0.2) is 0 Å². The zero-order valence-corrected chi connectivity index (χ0v) is 29.4. The van der Waals surface area contributed by atoms with Gasteiger partial charge in [0.05, 0.1) is 36.5 Å². The van der Waals surface area contributed by atoms with E-state index in [-0.39, 0.29) is 26.4 Å². The van der Waals surface area contributed by atoms with Crippen LogP contribution >= 0.6 is 23.2 Å². The minimum Gasteiger partial charge on any atom is -0.487 e. The molecule has 0 atom stereocenters. The largest absolute Gasteiger partial charge is 0.487 e. The molecule has 0 saturated heterocycles. The van der Waals surface area contributed by atoms with Crippen LogP contribution in [0.3, 0.4) is 0 Å². The topological polar surface area (TPSA) is 127 Å². The summed E-state index contributed by atoms with van der Waals surface area (Å²) in [5, 5.41) is 25.4. The van der Waals surface area contributed by atoms with Gasteiger partial charge in [-0.25, -0.2) is 9.97 Å². The van der Waals surface area contributed by atoms with Crippen molar-refractivity contribution in [3.63, 3.8) is 0 Å². The first-order valence-electron chi connectivity index (χ1n) is 16.0. The van der Waals surface area contributed by atoms with Crippen molar-refractivity contribution in [3.8, 4) is 34.4 Å². The number of pyridine rings is 2. The molecular weight excluding hydrogens is 655 g/mol. The Hall–Kier alpha value is -3.64. The van der Waals surface area contributed by atoms with Crippen molar-refractivity contribution in [2.24, 2.45) is 0 Å². The van der Waals surface area contributed by atoms with Gasteiger partial charge in [0.1, 0.15) is 36.1 Å². The fraction of sp³-hybridized carbons (Fsp3) is 0.389. The van der Waals surface area contributed by atoms with Crippen molar-refractivity contribution in [1.82, 2.24) is 20.6 Å². The molecule has 258 valence electrons. The molecule has 0 fully saturated rings. The molecule has 0 radical (unpaired) electrons. The molecule has 48 heavy (non-hydrogen) atoms. The van der Waals surface area contributed by atoms with E-state index >= 15 is 0 Å². The van der Waals surface area contributed by atoms with Gasteiger partial charge in [-0.15, -0.1) is 0 Å². The summed E-state index contributed by atoms with van der Waals surface area (Å²) in [5.74, 6) is 2.38. The molecule has 4 rings (SSSR count). The average Bonchev–Trinajstić information content (AvgIpc) is 3.07. The van der Waals surface area contributed by atoms with Crippen LogP contribution in [0.2, 0.25) is 10.0 Å². The highest BCUT2D eigenvalue weighted by Gasteiger charge is 2.17. The molecule has 12 heteroatoms. The first kappa shape index (κ1) is 37.2. The molecule has 0 spiro atoms. The Balaban J connectivity index is 1.51. The molecule has 0 bridgehead atoms. The number of halogens is 2. The van der Waals surface area contributed by atoms with Crippen LogP contribution < -0.4 is 29.6 Å². The number of aliphatic hydroxyl groups is 2. The lowest BCUT2D eigenvalue weighted by Gasteiger charge is -2.18. The Bertz CT molecular complexity index is 1530. The van der Waals surface area contributed by atoms with Crippen LogP contribution in [0.4, 0.5) is 0 Å². The van der Waals surface area contributed by atoms with Gasteiger partial charge in [0.2, 0.25) is 11.8 Å². The Labute approximate surface area is 292 Å². The Morgan fingerprint density at radius 1 is 0.646 bits per heavy atom. The molecule has 0 amide bonds. The van der Waals surface area contributed by atoms with Crippen molar-refractivity contribution in [1.29, 1.82) is 0 Å². The van der Waals surface area contributed by atoms with Crippen molar-refractivity contribution in [2.45, 2.75) is 54.0 Å². The summed E-state index contributed by atoms with van der Waals surface area (Å²) in [5.41, 5.74) is 6.68. The van der Waals surface area contributed by atoms with Gasteiger partial charge in [0.25, 0.3) is 0 Å². The van der Waals surface area contributed by atoms with Crippen molar-refractivity contribution in [2.75, 3.05) is 39.5 Å². The number of rotatable bonds is 19. The Kier molecular flexibility index (Phi) is 14.6. The van der Waals surface area contributed by atoms with Gasteiger partial charge in [-0.05, 0) is 74.2 Å². The molecule has 2 heterocycles. The normalized spacial score (nSPS) is 11.1. The lowest BCUT2D eigenvalue weighted by atomic mass is 9.95. The molecule has 0 saturated carbocycles. The minimum absolute atomic E-state index is 0.0365. The highest BCUT2D eigenvalue weighted by atomic mass is 35.5. The van der Waals surface area contributed by atoms with E-state index in [1.807, 2.05) is 64.1 Å². The standard InChI is InChI=1S/C36H44Cl2N4O6/c1-5-45-35-25(19-39-13-15-43)17-29(37)31(41-35)21-47-33-11-7-9-27(23(33)3)28-10-8-12-34(24(28)4)48-22-32-30(38)18-26(20-40-14-16-44)36(42-32)46-6-2/h7-12,17-18,39-40,43-44H,5-6,13-16,19-22H2,1-4H3. The summed E-state index contributed by atoms with van der Waals surface area (Å²) in [6.07, 6.45) is 0. The summed E-state index contributed by atoms with van der Waals surface area (Å²) >= 11 is 13.2. The van der Waals surface area contributed by atoms with Crippen LogP contribution in [0.15, 0.2) is 48.5 Å². The number of hydrogen-bond donors (Lipinski definition) is 4. The van der Waals surface area contributed by atoms with Gasteiger partial charge in [-0.1, -0.05) is 47.5 Å². The van der Waals surface area contributed by atoms with Crippen LogP contribution in [-0.4, -0.2) is 59.7 Å². The maximum absolute atomic E-state index is 9.09. The fourth-order valence-electron chi connectivity index (χ4n) is 5.09. The summed E-state index contributed by atoms with van der Waals surface area (Å²) in [7, 11) is 0. The van der Waals surface area contributed by atoms with Gasteiger partial charge >= 0.3 is 0 Å². The minimum atomic E-state index is 0.0365. The van der Waals surface area contributed by atoms with E-state index in [4.69, 9.17) is 52.4 Å². The highest BCUT2D eigenvalue weighted by molar-refractivity contribution is 6.31. The first-order chi connectivity index (χ1) is 23.3. The number of hydrogen-bond acceptors (Lipinski definition) is 10. The van der Waals surface area contributed by atoms with Gasteiger partial charge in [-0.2, -0.15) is 0 Å². The van der Waals surface area contributed by atoms with E-state index in [9.17, 15) is 0 Å². The highest BCUT2D eigenvalue weighted by Crippen LogP contribution is 2.36. The number of aliphatic hydroxyl groups excluding tert-OH is 2. The van der Waals surface area contributed by atoms with E-state index < -0.39 is 0 Å². The summed E-state index contributed by atoms with van der Waals surface area (Å²) < 4.78 is 24.1. The zero-order chi connectivity index (χ0) is 34.5. The number of ether oxygens (including phenoxy) is 4. The molecule has 4 N–H and O–H groups in total. The van der Waals surface area contributed by atoms with Crippen molar-refractivity contribution < 1.29 is 29.2 Å². The predicted octanol–water partition coefficient (Wildman–Crippen LogP) is 6.19. The average molecular weight is 700 g/mol. The fourth-order valence-corrected chi connectivity index (χ4v) is 5.55. The van der Waals surface area contributed by atoms with Crippen LogP contribution in [-0.2, 0) is 26.3 Å². The molecular formula is C36H44Cl2N4O6. The SMILES string of the molecule is CCOc1nc(COc2cccc(-c3cccc(OCc4nc(OCC)c(CNCCO)cc4Cl)c3C)c2C)c(Cl)cc1CNCCO. The van der Waals surface area contributed by atoms with Crippen LogP contribution in [0.5, 0.6) is 23.3 Å². The molecule has 0 aliphatic heterocycles. The number of nitrogens with one attached hydrogen (secondary N) is 2. The molecule has 2 aromatic carbocycles. The second-order valence-corrected chi connectivity index (χ2v) is 11.7. The zero-order valence-electron chi connectivity index (χ0n) is 27.9. The van der Waals surface area contributed by atoms with E-state index in [0.29, 0.717) is 84.1 Å². The van der Waals surface area contributed by atoms with Gasteiger partial charge in [-0.3, -0.25) is 0 Å². The number of aromatic nitrogens is 2. The monoisotopic (exact) mass is 698 g/mol. The van der Waals surface area contributed by atoms with Crippen molar-refractivity contribution >= 4 is 23.2 Å². The molecule has 2 aromatic heterocycles. The summed E-state index contributed by atoms with van der Waals surface area (Å²) in [4.78, 5) is 9.30. The second kappa shape index (κ2) is 18.8. The number of nitrogens with zero attached hydrogens (tertiary/aromatic N) is 2. The molecule has 0 aliphatic rings.